The van der Waals surface area contributed by atoms with Gasteiger partial charge in [-0.1, -0.05) is 30.3 Å². The summed E-state index contributed by atoms with van der Waals surface area (Å²) in [7, 11) is 0. The maximum atomic E-state index is 12.3. The molecule has 2 amide bonds. The highest BCUT2D eigenvalue weighted by molar-refractivity contribution is 5.89. The summed E-state index contributed by atoms with van der Waals surface area (Å²) in [5, 5.41) is 8.29. The summed E-state index contributed by atoms with van der Waals surface area (Å²) >= 11 is 0. The van der Waals surface area contributed by atoms with Crippen molar-refractivity contribution in [3.63, 3.8) is 0 Å². The first-order valence-corrected chi connectivity index (χ1v) is 7.60. The molecule has 0 aliphatic carbocycles. The van der Waals surface area contributed by atoms with Gasteiger partial charge in [-0.3, -0.25) is 19.7 Å². The lowest BCUT2D eigenvalue weighted by Gasteiger charge is -2.32. The van der Waals surface area contributed by atoms with E-state index in [0.29, 0.717) is 6.42 Å². The lowest BCUT2D eigenvalue weighted by molar-refractivity contribution is -0.144. The molecule has 0 radical (unpaired) electrons. The zero-order valence-electron chi connectivity index (χ0n) is 13.0. The van der Waals surface area contributed by atoms with Crippen LogP contribution in [0.2, 0.25) is 0 Å². The smallest absolute Gasteiger partial charge is 0.325 e. The van der Waals surface area contributed by atoms with Gasteiger partial charge in [0.05, 0.1) is 19.2 Å². The molecule has 7 heteroatoms. The first kappa shape index (κ1) is 17.0. The minimum atomic E-state index is -0.595. The molecule has 2 atom stereocenters. The van der Waals surface area contributed by atoms with Crippen LogP contribution in [0.5, 0.6) is 0 Å². The first-order valence-electron chi connectivity index (χ1n) is 7.60. The molecule has 1 heterocycles. The maximum absolute atomic E-state index is 12.3. The lowest BCUT2D eigenvalue weighted by atomic mass is 9.97. The number of ether oxygens (including phenoxy) is 1. The summed E-state index contributed by atoms with van der Waals surface area (Å²) in [6, 6.07) is 8.63. The number of amides is 2. The first-order chi connectivity index (χ1) is 11.1. The fourth-order valence-electron chi connectivity index (χ4n) is 2.48. The van der Waals surface area contributed by atoms with Gasteiger partial charge < -0.3 is 15.4 Å². The van der Waals surface area contributed by atoms with Gasteiger partial charge in [0.25, 0.3) is 0 Å². The van der Waals surface area contributed by atoms with Crippen LogP contribution in [0.3, 0.4) is 0 Å². The molecule has 23 heavy (non-hydrogen) atoms. The van der Waals surface area contributed by atoms with Gasteiger partial charge >= 0.3 is 5.97 Å². The molecule has 0 aromatic heterocycles. The second kappa shape index (κ2) is 8.28. The Kier molecular flexibility index (Phi) is 6.10. The highest BCUT2D eigenvalue weighted by atomic mass is 16.5. The third kappa shape index (κ3) is 5.07. The zero-order valence-corrected chi connectivity index (χ0v) is 13.0. The second-order valence-electron chi connectivity index (χ2n) is 5.25. The van der Waals surface area contributed by atoms with E-state index in [1.165, 1.54) is 0 Å². The fourth-order valence-corrected chi connectivity index (χ4v) is 2.48. The molecule has 0 bridgehead atoms. The minimum Gasteiger partial charge on any atom is -0.465 e. The Morgan fingerprint density at radius 1 is 1.30 bits per heavy atom. The molecule has 3 N–H and O–H groups in total. The van der Waals surface area contributed by atoms with Crippen molar-refractivity contribution >= 4 is 17.8 Å². The standard InChI is InChI=1S/C16H21N3O4/c1-2-23-14(21)10-18-16(22)15-12(19-13(20)9-17-15)8-11-6-4-3-5-7-11/h3-7,12,15,17H,2,8-10H2,1H3,(H,18,22)(H,19,20)/t12-,15?/m0/s1. The van der Waals surface area contributed by atoms with Crippen LogP contribution in [0.25, 0.3) is 0 Å². The molecule has 2 rings (SSSR count). The number of esters is 1. The Balaban J connectivity index is 1.97. The van der Waals surface area contributed by atoms with Crippen LogP contribution in [0.1, 0.15) is 12.5 Å². The number of carbonyl (C=O) groups excluding carboxylic acids is 3. The number of rotatable bonds is 6. The van der Waals surface area contributed by atoms with Crippen LogP contribution in [0, 0.1) is 0 Å². The lowest BCUT2D eigenvalue weighted by Crippen LogP contribution is -2.64. The molecule has 1 aromatic carbocycles. The predicted molar refractivity (Wildman–Crippen MR) is 83.5 cm³/mol. The topological polar surface area (TPSA) is 96.5 Å². The van der Waals surface area contributed by atoms with Crippen molar-refractivity contribution in [2.24, 2.45) is 0 Å². The quantitative estimate of drug-likeness (QED) is 0.607. The van der Waals surface area contributed by atoms with Gasteiger partial charge in [-0.15, -0.1) is 0 Å². The molecule has 124 valence electrons. The van der Waals surface area contributed by atoms with Crippen molar-refractivity contribution in [2.75, 3.05) is 19.7 Å². The van der Waals surface area contributed by atoms with E-state index in [2.05, 4.69) is 16.0 Å². The van der Waals surface area contributed by atoms with Gasteiger partial charge in [-0.05, 0) is 18.9 Å². The molecular weight excluding hydrogens is 298 g/mol. The van der Waals surface area contributed by atoms with E-state index in [9.17, 15) is 14.4 Å². The van der Waals surface area contributed by atoms with E-state index in [1.54, 1.807) is 6.92 Å². The Morgan fingerprint density at radius 3 is 2.74 bits per heavy atom. The Labute approximate surface area is 134 Å². The summed E-state index contributed by atoms with van der Waals surface area (Å²) < 4.78 is 4.78. The molecule has 1 fully saturated rings. The zero-order chi connectivity index (χ0) is 16.7. The Bertz CT molecular complexity index is 562. The van der Waals surface area contributed by atoms with E-state index in [1.807, 2.05) is 30.3 Å². The highest BCUT2D eigenvalue weighted by Gasteiger charge is 2.33. The van der Waals surface area contributed by atoms with E-state index < -0.39 is 12.0 Å². The summed E-state index contributed by atoms with van der Waals surface area (Å²) in [6.07, 6.45) is 0.525. The van der Waals surface area contributed by atoms with Crippen molar-refractivity contribution in [1.29, 1.82) is 0 Å². The monoisotopic (exact) mass is 319 g/mol. The van der Waals surface area contributed by atoms with Gasteiger partial charge in [-0.25, -0.2) is 0 Å². The molecule has 1 aliphatic heterocycles. The van der Waals surface area contributed by atoms with Crippen LogP contribution >= 0.6 is 0 Å². The number of carbonyl (C=O) groups is 3. The largest absolute Gasteiger partial charge is 0.465 e. The van der Waals surface area contributed by atoms with Crippen molar-refractivity contribution in [3.05, 3.63) is 35.9 Å². The van der Waals surface area contributed by atoms with Crippen molar-refractivity contribution in [1.82, 2.24) is 16.0 Å². The van der Waals surface area contributed by atoms with Crippen molar-refractivity contribution < 1.29 is 19.1 Å². The molecule has 1 unspecified atom stereocenters. The number of piperazine rings is 1. The summed E-state index contributed by atoms with van der Waals surface area (Å²) in [5.41, 5.74) is 1.02. The van der Waals surface area contributed by atoms with Crippen LogP contribution in [0.4, 0.5) is 0 Å². The number of benzene rings is 1. The van der Waals surface area contributed by atoms with E-state index >= 15 is 0 Å². The van der Waals surface area contributed by atoms with Gasteiger partial charge in [0.15, 0.2) is 0 Å². The highest BCUT2D eigenvalue weighted by Crippen LogP contribution is 2.09. The Hall–Kier alpha value is -2.41. The van der Waals surface area contributed by atoms with Crippen LogP contribution in [-0.4, -0.2) is 49.6 Å². The van der Waals surface area contributed by atoms with Crippen LogP contribution in [-0.2, 0) is 25.5 Å². The third-order valence-electron chi connectivity index (χ3n) is 3.52. The molecule has 0 saturated carbocycles. The summed E-state index contributed by atoms with van der Waals surface area (Å²) in [5.74, 6) is -0.973. The number of nitrogens with one attached hydrogen (secondary N) is 3. The van der Waals surface area contributed by atoms with Crippen LogP contribution < -0.4 is 16.0 Å². The van der Waals surface area contributed by atoms with Crippen molar-refractivity contribution in [2.45, 2.75) is 25.4 Å². The average Bonchev–Trinajstić information content (AvgIpc) is 2.54. The second-order valence-corrected chi connectivity index (χ2v) is 5.25. The fraction of sp³-hybridized carbons (Fsp3) is 0.438. The van der Waals surface area contributed by atoms with Gasteiger partial charge in [0.1, 0.15) is 12.6 Å². The van der Waals surface area contributed by atoms with Gasteiger partial charge in [0, 0.05) is 0 Å². The summed E-state index contributed by atoms with van der Waals surface area (Å²) in [6.45, 7) is 1.86. The van der Waals surface area contributed by atoms with E-state index in [4.69, 9.17) is 4.74 Å². The molecule has 1 aromatic rings. The van der Waals surface area contributed by atoms with E-state index in [-0.39, 0.29) is 37.6 Å². The number of hydrogen-bond acceptors (Lipinski definition) is 5. The van der Waals surface area contributed by atoms with E-state index in [0.717, 1.165) is 5.56 Å². The average molecular weight is 319 g/mol. The molecule has 1 saturated heterocycles. The van der Waals surface area contributed by atoms with Crippen molar-refractivity contribution in [3.8, 4) is 0 Å². The number of hydrogen-bond donors (Lipinski definition) is 3. The summed E-state index contributed by atoms with van der Waals surface area (Å²) in [4.78, 5) is 35.2. The maximum Gasteiger partial charge on any atom is 0.325 e. The minimum absolute atomic E-state index is 0.0722. The molecule has 7 nitrogen and oxygen atoms in total. The Morgan fingerprint density at radius 2 is 2.04 bits per heavy atom. The van der Waals surface area contributed by atoms with Gasteiger partial charge in [0.2, 0.25) is 11.8 Å². The third-order valence-corrected chi connectivity index (χ3v) is 3.52. The molecular formula is C16H21N3O4. The SMILES string of the molecule is CCOC(=O)CNC(=O)C1NCC(=O)N[C@H]1Cc1ccccc1. The van der Waals surface area contributed by atoms with Gasteiger partial charge in [-0.2, -0.15) is 0 Å². The predicted octanol–water partition coefficient (Wildman–Crippen LogP) is -0.635. The molecule has 1 aliphatic rings. The molecule has 0 spiro atoms. The van der Waals surface area contributed by atoms with Crippen LogP contribution in [0.15, 0.2) is 30.3 Å². The normalized spacial score (nSPS) is 20.5.